The largest absolute Gasteiger partial charge is 0.339 e. The molecule has 1 aliphatic rings. The Labute approximate surface area is 169 Å². The quantitative estimate of drug-likeness (QED) is 0.814. The van der Waals surface area contributed by atoms with E-state index in [4.69, 9.17) is 0 Å². The van der Waals surface area contributed by atoms with E-state index >= 15 is 0 Å². The van der Waals surface area contributed by atoms with Gasteiger partial charge in [-0.05, 0) is 31.2 Å². The number of rotatable bonds is 4. The molecule has 0 unspecified atom stereocenters. The Morgan fingerprint density at radius 1 is 0.931 bits per heavy atom. The van der Waals surface area contributed by atoms with Gasteiger partial charge in [0.2, 0.25) is 17.8 Å². The van der Waals surface area contributed by atoms with E-state index in [2.05, 4.69) is 20.6 Å². The fourth-order valence-electron chi connectivity index (χ4n) is 3.11. The Kier molecular flexibility index (Phi) is 6.06. The molecular formula is C20H24N6O3. The second-order valence-electron chi connectivity index (χ2n) is 6.90. The lowest BCUT2D eigenvalue weighted by molar-refractivity contribution is -0.129. The predicted octanol–water partition coefficient (Wildman–Crippen LogP) is 1.66. The van der Waals surface area contributed by atoms with Crippen LogP contribution in [0.15, 0.2) is 30.3 Å². The number of aryl methyl sites for hydroxylation is 1. The predicted molar refractivity (Wildman–Crippen MR) is 110 cm³/mol. The number of hydrogen-bond acceptors (Lipinski definition) is 6. The first-order valence-electron chi connectivity index (χ1n) is 9.37. The molecule has 0 radical (unpaired) electrons. The lowest BCUT2D eigenvalue weighted by Gasteiger charge is -2.34. The molecule has 1 aromatic heterocycles. The first-order valence-corrected chi connectivity index (χ1v) is 9.37. The zero-order valence-electron chi connectivity index (χ0n) is 16.7. The van der Waals surface area contributed by atoms with Gasteiger partial charge in [0.1, 0.15) is 5.69 Å². The summed E-state index contributed by atoms with van der Waals surface area (Å²) >= 11 is 0. The van der Waals surface area contributed by atoms with E-state index in [0.29, 0.717) is 49.2 Å². The van der Waals surface area contributed by atoms with E-state index in [0.717, 1.165) is 0 Å². The van der Waals surface area contributed by atoms with E-state index in [-0.39, 0.29) is 23.4 Å². The Morgan fingerprint density at radius 2 is 1.59 bits per heavy atom. The molecule has 2 N–H and O–H groups in total. The second kappa shape index (κ2) is 8.68. The first-order chi connectivity index (χ1) is 13.8. The molecule has 1 aromatic carbocycles. The third-order valence-corrected chi connectivity index (χ3v) is 4.52. The van der Waals surface area contributed by atoms with E-state index in [9.17, 15) is 14.4 Å². The summed E-state index contributed by atoms with van der Waals surface area (Å²) in [6, 6.07) is 8.52. The van der Waals surface area contributed by atoms with Gasteiger partial charge in [0.25, 0.3) is 5.91 Å². The van der Waals surface area contributed by atoms with E-state index in [1.165, 1.54) is 6.92 Å². The molecule has 9 nitrogen and oxygen atoms in total. The van der Waals surface area contributed by atoms with Crippen LogP contribution in [0.2, 0.25) is 0 Å². The maximum atomic E-state index is 12.7. The molecule has 29 heavy (non-hydrogen) atoms. The van der Waals surface area contributed by atoms with Crippen molar-refractivity contribution in [3.05, 3.63) is 41.7 Å². The van der Waals surface area contributed by atoms with Gasteiger partial charge >= 0.3 is 0 Å². The van der Waals surface area contributed by atoms with Crippen molar-refractivity contribution in [2.75, 3.05) is 41.7 Å². The molecule has 0 atom stereocenters. The minimum Gasteiger partial charge on any atom is -0.339 e. The molecule has 2 heterocycles. The van der Waals surface area contributed by atoms with E-state index in [1.54, 1.807) is 42.2 Å². The zero-order chi connectivity index (χ0) is 21.0. The van der Waals surface area contributed by atoms with Crippen LogP contribution in [0.3, 0.4) is 0 Å². The topological polar surface area (TPSA) is 108 Å². The zero-order valence-corrected chi connectivity index (χ0v) is 16.7. The van der Waals surface area contributed by atoms with Gasteiger partial charge in [0.15, 0.2) is 0 Å². The van der Waals surface area contributed by atoms with Crippen LogP contribution in [0.4, 0.5) is 17.3 Å². The third kappa shape index (κ3) is 5.28. The molecule has 1 fully saturated rings. The van der Waals surface area contributed by atoms with Gasteiger partial charge in [-0.1, -0.05) is 6.07 Å². The Bertz CT molecular complexity index is 938. The summed E-state index contributed by atoms with van der Waals surface area (Å²) in [6.45, 7) is 7.22. The minimum absolute atomic E-state index is 0.0522. The van der Waals surface area contributed by atoms with Gasteiger partial charge in [-0.25, -0.2) is 9.97 Å². The van der Waals surface area contributed by atoms with Crippen molar-refractivity contribution >= 4 is 35.0 Å². The molecule has 0 bridgehead atoms. The summed E-state index contributed by atoms with van der Waals surface area (Å²) < 4.78 is 0. The van der Waals surface area contributed by atoms with Crippen LogP contribution in [0.1, 0.15) is 30.0 Å². The Balaban J connectivity index is 1.73. The molecule has 9 heteroatoms. The molecule has 1 aliphatic heterocycles. The molecule has 1 saturated heterocycles. The average Bonchev–Trinajstić information content (AvgIpc) is 2.67. The second-order valence-corrected chi connectivity index (χ2v) is 6.90. The van der Waals surface area contributed by atoms with Crippen molar-refractivity contribution in [2.24, 2.45) is 0 Å². The third-order valence-electron chi connectivity index (χ3n) is 4.52. The first kappa shape index (κ1) is 20.2. The summed E-state index contributed by atoms with van der Waals surface area (Å²) in [4.78, 5) is 48.0. The Morgan fingerprint density at radius 3 is 2.21 bits per heavy atom. The molecule has 152 valence electrons. The number of carbonyl (C=O) groups is 3. The molecule has 3 amide bonds. The van der Waals surface area contributed by atoms with Crippen LogP contribution in [0.5, 0.6) is 0 Å². The number of amides is 3. The molecule has 0 spiro atoms. The standard InChI is InChI=1S/C20H24N6O3/c1-13-11-18(19(29)23-17-6-4-5-16(12-17)22-14(2)27)24-20(21-13)26-9-7-25(8-10-26)15(3)28/h4-6,11-12H,7-10H2,1-3H3,(H,22,27)(H,23,29). The summed E-state index contributed by atoms with van der Waals surface area (Å²) in [5.41, 5.74) is 2.08. The SMILES string of the molecule is CC(=O)Nc1cccc(NC(=O)c2cc(C)nc(N3CCN(C(C)=O)CC3)n2)c1. The normalized spacial score (nSPS) is 13.8. The maximum absolute atomic E-state index is 12.7. The van der Waals surface area contributed by atoms with Crippen LogP contribution >= 0.6 is 0 Å². The number of carbonyl (C=O) groups excluding carboxylic acids is 3. The average molecular weight is 396 g/mol. The number of nitrogens with one attached hydrogen (secondary N) is 2. The van der Waals surface area contributed by atoms with Crippen molar-refractivity contribution in [1.29, 1.82) is 0 Å². The van der Waals surface area contributed by atoms with Gasteiger partial charge in [-0.3, -0.25) is 14.4 Å². The number of nitrogens with zero attached hydrogens (tertiary/aromatic N) is 4. The van der Waals surface area contributed by atoms with Gasteiger partial charge in [0, 0.05) is 57.1 Å². The molecular weight excluding hydrogens is 372 g/mol. The number of piperazine rings is 1. The smallest absolute Gasteiger partial charge is 0.274 e. The van der Waals surface area contributed by atoms with E-state index < -0.39 is 0 Å². The summed E-state index contributed by atoms with van der Waals surface area (Å²) in [5.74, 6) is -0.0183. The summed E-state index contributed by atoms with van der Waals surface area (Å²) in [7, 11) is 0. The summed E-state index contributed by atoms with van der Waals surface area (Å²) in [5, 5.41) is 5.48. The fraction of sp³-hybridized carbons (Fsp3) is 0.350. The highest BCUT2D eigenvalue weighted by Crippen LogP contribution is 2.17. The maximum Gasteiger partial charge on any atom is 0.274 e. The van der Waals surface area contributed by atoms with Crippen LogP contribution < -0.4 is 15.5 Å². The lowest BCUT2D eigenvalue weighted by atomic mass is 10.2. The van der Waals surface area contributed by atoms with Crippen LogP contribution in [-0.4, -0.2) is 58.8 Å². The van der Waals surface area contributed by atoms with Gasteiger partial charge in [-0.2, -0.15) is 0 Å². The molecule has 3 rings (SSSR count). The van der Waals surface area contributed by atoms with Gasteiger partial charge in [-0.15, -0.1) is 0 Å². The fourth-order valence-corrected chi connectivity index (χ4v) is 3.11. The van der Waals surface area contributed by atoms with Gasteiger partial charge in [0.05, 0.1) is 0 Å². The van der Waals surface area contributed by atoms with Crippen molar-refractivity contribution < 1.29 is 14.4 Å². The number of aromatic nitrogens is 2. The number of anilines is 3. The molecule has 2 aromatic rings. The highest BCUT2D eigenvalue weighted by atomic mass is 16.2. The van der Waals surface area contributed by atoms with Gasteiger partial charge < -0.3 is 20.4 Å². The highest BCUT2D eigenvalue weighted by Gasteiger charge is 2.22. The Hall–Kier alpha value is -3.49. The van der Waals surface area contributed by atoms with Crippen molar-refractivity contribution in [1.82, 2.24) is 14.9 Å². The van der Waals surface area contributed by atoms with Crippen molar-refractivity contribution in [3.63, 3.8) is 0 Å². The minimum atomic E-state index is -0.362. The lowest BCUT2D eigenvalue weighted by Crippen LogP contribution is -2.48. The van der Waals surface area contributed by atoms with Crippen LogP contribution in [0, 0.1) is 6.92 Å². The monoisotopic (exact) mass is 396 g/mol. The van der Waals surface area contributed by atoms with E-state index in [1.807, 2.05) is 11.8 Å². The van der Waals surface area contributed by atoms with Crippen LogP contribution in [0.25, 0.3) is 0 Å². The van der Waals surface area contributed by atoms with Crippen molar-refractivity contribution in [2.45, 2.75) is 20.8 Å². The summed E-state index contributed by atoms with van der Waals surface area (Å²) in [6.07, 6.45) is 0. The number of hydrogen-bond donors (Lipinski definition) is 2. The molecule has 0 saturated carbocycles. The highest BCUT2D eigenvalue weighted by molar-refractivity contribution is 6.03. The number of benzene rings is 1. The van der Waals surface area contributed by atoms with Crippen molar-refractivity contribution in [3.8, 4) is 0 Å². The van der Waals surface area contributed by atoms with Crippen LogP contribution in [-0.2, 0) is 9.59 Å². The molecule has 0 aliphatic carbocycles.